The van der Waals surface area contributed by atoms with Crippen LogP contribution in [0.1, 0.15) is 90.0 Å². The summed E-state index contributed by atoms with van der Waals surface area (Å²) in [6.07, 6.45) is 3.29. The highest BCUT2D eigenvalue weighted by atomic mass is 16.6. The fraction of sp³-hybridized carbons (Fsp3) is 0.515. The first-order valence-corrected chi connectivity index (χ1v) is 15.1. The van der Waals surface area contributed by atoms with E-state index < -0.39 is 16.8 Å². The number of imidazole rings is 1. The summed E-state index contributed by atoms with van der Waals surface area (Å²) in [5.74, 6) is 1.70. The normalized spacial score (nSPS) is 18.0. The molecule has 222 valence electrons. The number of fused-ring (bicyclic) bond motifs is 6. The van der Waals surface area contributed by atoms with Gasteiger partial charge in [0.15, 0.2) is 0 Å². The molecule has 1 fully saturated rings. The van der Waals surface area contributed by atoms with Gasteiger partial charge in [-0.2, -0.15) is 0 Å². The molecule has 9 heteroatoms. The van der Waals surface area contributed by atoms with E-state index in [9.17, 15) is 9.90 Å². The Morgan fingerprint density at radius 2 is 1.83 bits per heavy atom. The van der Waals surface area contributed by atoms with Gasteiger partial charge in [0.25, 0.3) is 0 Å². The van der Waals surface area contributed by atoms with E-state index in [1.54, 1.807) is 13.8 Å². The number of rotatable bonds is 5. The number of carbonyl (C=O) groups excluding carboxylic acids is 1. The molecule has 1 aromatic heterocycles. The van der Waals surface area contributed by atoms with Crippen LogP contribution in [-0.4, -0.2) is 56.9 Å². The molecule has 3 heterocycles. The maximum atomic E-state index is 12.9. The standard InChI is InChI=1S/C33H42BN3O5/c1-31(2,3)41-30(38)37-14-8-9-26(37)29-35-25-13-10-19-16-24-22-12-11-21(34-42-33(6,7)32(4,5)39)15-20(22)18-40-27(24)17-23(19)28(25)36-29/h11-12,15-17,26,34,39H,8-10,13-14,18H2,1-7H3,(H,35,36)/t26-/m0/s1. The maximum Gasteiger partial charge on any atom is 0.410 e. The number of nitrogens with one attached hydrogen (secondary N) is 1. The van der Waals surface area contributed by atoms with E-state index in [-0.39, 0.29) is 12.1 Å². The van der Waals surface area contributed by atoms with Crippen molar-refractivity contribution in [2.45, 2.75) is 104 Å². The number of aryl methyl sites for hydroxylation is 2. The van der Waals surface area contributed by atoms with Crippen LogP contribution < -0.4 is 10.2 Å². The second kappa shape index (κ2) is 10.2. The van der Waals surface area contributed by atoms with Crippen LogP contribution >= 0.6 is 0 Å². The molecular formula is C33H42BN3O5. The number of hydrogen-bond donors (Lipinski definition) is 2. The highest BCUT2D eigenvalue weighted by Gasteiger charge is 2.37. The van der Waals surface area contributed by atoms with Crippen LogP contribution in [-0.2, 0) is 28.8 Å². The largest absolute Gasteiger partial charge is 0.488 e. The molecule has 0 spiro atoms. The van der Waals surface area contributed by atoms with Gasteiger partial charge in [0.1, 0.15) is 23.8 Å². The number of aromatic nitrogens is 2. The fourth-order valence-corrected chi connectivity index (χ4v) is 5.94. The summed E-state index contributed by atoms with van der Waals surface area (Å²) in [5.41, 5.74) is 6.73. The minimum Gasteiger partial charge on any atom is -0.488 e. The Bertz CT molecular complexity index is 1530. The summed E-state index contributed by atoms with van der Waals surface area (Å²) in [7, 11) is 0.415. The summed E-state index contributed by atoms with van der Waals surface area (Å²) in [6, 6.07) is 10.7. The number of ether oxygens (including phenoxy) is 2. The Morgan fingerprint density at radius 3 is 2.57 bits per heavy atom. The number of H-pyrrole nitrogens is 1. The Kier molecular flexibility index (Phi) is 6.97. The van der Waals surface area contributed by atoms with E-state index in [0.717, 1.165) is 70.8 Å². The predicted octanol–water partition coefficient (Wildman–Crippen LogP) is 5.35. The van der Waals surface area contributed by atoms with Gasteiger partial charge < -0.3 is 24.2 Å². The van der Waals surface area contributed by atoms with Gasteiger partial charge in [-0.25, -0.2) is 9.78 Å². The Morgan fingerprint density at radius 1 is 1.05 bits per heavy atom. The quantitative estimate of drug-likeness (QED) is 0.401. The molecule has 3 aromatic rings. The van der Waals surface area contributed by atoms with Crippen molar-refractivity contribution in [3.8, 4) is 28.1 Å². The van der Waals surface area contributed by atoms with Crippen molar-refractivity contribution >= 4 is 19.0 Å². The van der Waals surface area contributed by atoms with E-state index in [1.807, 2.05) is 39.5 Å². The molecule has 2 N–H and O–H groups in total. The molecule has 6 rings (SSSR count). The van der Waals surface area contributed by atoms with Crippen LogP contribution in [0, 0.1) is 0 Å². The van der Waals surface area contributed by atoms with Crippen molar-refractivity contribution in [2.24, 2.45) is 0 Å². The molecule has 2 aromatic carbocycles. The van der Waals surface area contributed by atoms with Gasteiger partial charge >= 0.3 is 13.6 Å². The van der Waals surface area contributed by atoms with E-state index in [4.69, 9.17) is 19.1 Å². The van der Waals surface area contributed by atoms with E-state index in [1.165, 1.54) is 11.1 Å². The molecule has 0 radical (unpaired) electrons. The molecule has 1 saturated heterocycles. The van der Waals surface area contributed by atoms with Crippen LogP contribution in [0.4, 0.5) is 4.79 Å². The molecule has 0 saturated carbocycles. The van der Waals surface area contributed by atoms with Crippen LogP contribution in [0.25, 0.3) is 22.4 Å². The number of likely N-dealkylation sites (tertiary alicyclic amines) is 1. The highest BCUT2D eigenvalue weighted by Crippen LogP contribution is 2.44. The fourth-order valence-electron chi connectivity index (χ4n) is 5.94. The van der Waals surface area contributed by atoms with Crippen molar-refractivity contribution in [1.29, 1.82) is 0 Å². The van der Waals surface area contributed by atoms with Gasteiger partial charge in [-0.3, -0.25) is 4.90 Å². The minimum atomic E-state index is -0.952. The maximum absolute atomic E-state index is 12.9. The molecule has 1 atom stereocenters. The highest BCUT2D eigenvalue weighted by molar-refractivity contribution is 6.47. The van der Waals surface area contributed by atoms with Crippen LogP contribution in [0.2, 0.25) is 0 Å². The average Bonchev–Trinajstić information content (AvgIpc) is 3.56. The Hall–Kier alpha value is -3.30. The van der Waals surface area contributed by atoms with Crippen LogP contribution in [0.3, 0.4) is 0 Å². The first kappa shape index (κ1) is 28.8. The Balaban J connectivity index is 1.25. The summed E-state index contributed by atoms with van der Waals surface area (Å²) in [5, 5.41) is 10.4. The topological polar surface area (TPSA) is 96.9 Å². The molecule has 1 amide bonds. The average molecular weight is 572 g/mol. The Labute approximate surface area is 249 Å². The number of benzene rings is 2. The summed E-state index contributed by atoms with van der Waals surface area (Å²) in [4.78, 5) is 23.4. The van der Waals surface area contributed by atoms with Gasteiger partial charge in [-0.15, -0.1) is 0 Å². The lowest BCUT2D eigenvalue weighted by atomic mass is 9.80. The number of carbonyl (C=O) groups is 1. The zero-order valence-corrected chi connectivity index (χ0v) is 25.9. The molecule has 2 aliphatic heterocycles. The number of amides is 1. The number of nitrogens with zero attached hydrogens (tertiary/aromatic N) is 2. The number of aliphatic hydroxyl groups is 1. The molecule has 3 aliphatic rings. The van der Waals surface area contributed by atoms with Gasteiger partial charge in [0.2, 0.25) is 0 Å². The van der Waals surface area contributed by atoms with Gasteiger partial charge in [-0.05, 0) is 103 Å². The lowest BCUT2D eigenvalue weighted by Gasteiger charge is -2.37. The van der Waals surface area contributed by atoms with E-state index in [2.05, 4.69) is 35.3 Å². The predicted molar refractivity (Wildman–Crippen MR) is 164 cm³/mol. The first-order chi connectivity index (χ1) is 19.7. The molecule has 8 nitrogen and oxygen atoms in total. The zero-order valence-electron chi connectivity index (χ0n) is 25.9. The first-order valence-electron chi connectivity index (χ1n) is 15.1. The molecule has 42 heavy (non-hydrogen) atoms. The van der Waals surface area contributed by atoms with Crippen molar-refractivity contribution < 1.29 is 24.0 Å². The third kappa shape index (κ3) is 5.33. The second-order valence-electron chi connectivity index (χ2n) is 13.9. The molecular weight excluding hydrogens is 529 g/mol. The summed E-state index contributed by atoms with van der Waals surface area (Å²) in [6.45, 7) is 14.2. The zero-order chi connectivity index (χ0) is 30.0. The summed E-state index contributed by atoms with van der Waals surface area (Å²) >= 11 is 0. The monoisotopic (exact) mass is 571 g/mol. The molecule has 0 unspecified atom stereocenters. The third-order valence-electron chi connectivity index (χ3n) is 9.01. The van der Waals surface area contributed by atoms with Gasteiger partial charge in [-0.1, -0.05) is 23.7 Å². The lowest BCUT2D eigenvalue weighted by Crippen LogP contribution is -2.49. The minimum absolute atomic E-state index is 0.109. The summed E-state index contributed by atoms with van der Waals surface area (Å²) < 4.78 is 18.1. The van der Waals surface area contributed by atoms with Crippen LogP contribution in [0.15, 0.2) is 30.3 Å². The smallest absolute Gasteiger partial charge is 0.410 e. The van der Waals surface area contributed by atoms with Crippen LogP contribution in [0.5, 0.6) is 5.75 Å². The van der Waals surface area contributed by atoms with Crippen molar-refractivity contribution in [2.75, 3.05) is 6.54 Å². The van der Waals surface area contributed by atoms with E-state index in [0.29, 0.717) is 20.6 Å². The lowest BCUT2D eigenvalue weighted by molar-refractivity contribution is -0.0893. The van der Waals surface area contributed by atoms with Gasteiger partial charge in [0.05, 0.1) is 22.9 Å². The van der Waals surface area contributed by atoms with E-state index >= 15 is 0 Å². The van der Waals surface area contributed by atoms with Gasteiger partial charge in [0, 0.05) is 23.4 Å². The third-order valence-corrected chi connectivity index (χ3v) is 9.01. The van der Waals surface area contributed by atoms with Crippen molar-refractivity contribution in [3.63, 3.8) is 0 Å². The SMILES string of the molecule is CC(C)(C)OC(=O)N1CCC[C@H]1c1nc2c([nH]1)CCc1cc3c(cc1-2)OCc1cc(BOC(C)(C)C(C)(C)O)ccc1-3. The second-order valence-corrected chi connectivity index (χ2v) is 13.9. The molecule has 1 aliphatic carbocycles. The van der Waals surface area contributed by atoms with Crippen molar-refractivity contribution in [1.82, 2.24) is 14.9 Å². The van der Waals surface area contributed by atoms with Crippen molar-refractivity contribution in [3.05, 3.63) is 53.0 Å². The number of hydrogen-bond acceptors (Lipinski definition) is 6. The number of aromatic amines is 1. The molecule has 0 bridgehead atoms.